The lowest BCUT2D eigenvalue weighted by molar-refractivity contribution is 0.0733. The van der Waals surface area contributed by atoms with E-state index in [4.69, 9.17) is 9.88 Å². The quantitative estimate of drug-likeness (QED) is 0.427. The van der Waals surface area contributed by atoms with Gasteiger partial charge in [0.2, 0.25) is 10.0 Å². The molecular weight excluding hydrogens is 468 g/mol. The smallest absolute Gasteiger partial charge is 0.344 e. The predicted octanol–water partition coefficient (Wildman–Crippen LogP) is 3.63. The van der Waals surface area contributed by atoms with Crippen LogP contribution in [-0.2, 0) is 10.0 Å². The topological polar surface area (TPSA) is 116 Å². The van der Waals surface area contributed by atoms with Gasteiger partial charge in [0, 0.05) is 10.2 Å². The van der Waals surface area contributed by atoms with E-state index < -0.39 is 16.0 Å². The van der Waals surface area contributed by atoms with Gasteiger partial charge in [0.25, 0.3) is 5.91 Å². The number of nitrogens with one attached hydrogen (secondary N) is 1. The Morgan fingerprint density at radius 3 is 2.39 bits per heavy atom. The Kier molecular flexibility index (Phi) is 5.94. The molecule has 1 heterocycles. The minimum absolute atomic E-state index is 0.0154. The molecule has 1 aromatic heterocycles. The first kappa shape index (κ1) is 20.2. The van der Waals surface area contributed by atoms with Crippen LogP contribution in [0.5, 0.6) is 5.75 Å². The van der Waals surface area contributed by atoms with Crippen LogP contribution in [0.1, 0.15) is 20.0 Å². The average molecular weight is 481 g/mol. The van der Waals surface area contributed by atoms with Crippen molar-refractivity contribution >= 4 is 54.9 Å². The summed E-state index contributed by atoms with van der Waals surface area (Å²) in [5, 5.41) is 9.63. The highest BCUT2D eigenvalue weighted by Crippen LogP contribution is 2.23. The first-order valence-corrected chi connectivity index (χ1v) is 11.0. The minimum atomic E-state index is -3.95. The van der Waals surface area contributed by atoms with Crippen LogP contribution in [0.2, 0.25) is 0 Å². The maximum absolute atomic E-state index is 12.4. The molecule has 0 fully saturated rings. The molecule has 0 unspecified atom stereocenters. The van der Waals surface area contributed by atoms with Gasteiger partial charge < -0.3 is 10.1 Å². The molecule has 0 saturated carbocycles. The molecule has 7 nitrogen and oxygen atoms in total. The number of hydrogen-bond donors (Lipinski definition) is 2. The molecule has 3 N–H and O–H groups in total. The molecular formula is C18H13BrN2O5S2. The summed E-state index contributed by atoms with van der Waals surface area (Å²) in [6.07, 6.45) is 0. The second-order valence-electron chi connectivity index (χ2n) is 5.53. The molecule has 1 amide bonds. The highest BCUT2D eigenvalue weighted by Gasteiger charge is 2.17. The fourth-order valence-corrected chi connectivity index (χ4v) is 3.77. The number of anilines is 1. The number of nitrogens with two attached hydrogens (primary N) is 1. The van der Waals surface area contributed by atoms with E-state index in [1.807, 2.05) is 0 Å². The van der Waals surface area contributed by atoms with Gasteiger partial charge in [-0.1, -0.05) is 6.07 Å². The fraction of sp³-hybridized carbons (Fsp3) is 0. The van der Waals surface area contributed by atoms with Gasteiger partial charge in [-0.2, -0.15) is 0 Å². The summed E-state index contributed by atoms with van der Waals surface area (Å²) in [6, 6.07) is 13.5. The van der Waals surface area contributed by atoms with Crippen LogP contribution in [-0.4, -0.2) is 20.3 Å². The molecule has 144 valence electrons. The van der Waals surface area contributed by atoms with Gasteiger partial charge >= 0.3 is 5.97 Å². The monoisotopic (exact) mass is 480 g/mol. The largest absolute Gasteiger partial charge is 0.423 e. The van der Waals surface area contributed by atoms with Crippen LogP contribution in [0.25, 0.3) is 0 Å². The van der Waals surface area contributed by atoms with Crippen molar-refractivity contribution in [1.29, 1.82) is 0 Å². The average Bonchev–Trinajstić information content (AvgIpc) is 3.17. The fourth-order valence-electron chi connectivity index (χ4n) is 2.21. The van der Waals surface area contributed by atoms with E-state index >= 15 is 0 Å². The van der Waals surface area contributed by atoms with Crippen molar-refractivity contribution in [1.82, 2.24) is 0 Å². The third kappa shape index (κ3) is 4.84. The number of hydrogen-bond acceptors (Lipinski definition) is 6. The molecule has 10 heteroatoms. The standard InChI is InChI=1S/C18H13BrN2O5S2/c19-15-8-7-13(28(20,24)25)10-14(15)18(23)26-12-5-3-11(4-6-12)21-17(22)16-2-1-9-27-16/h1-10H,(H,21,22)(H2,20,24,25). The van der Waals surface area contributed by atoms with Crippen molar-refractivity contribution in [3.8, 4) is 5.75 Å². The van der Waals surface area contributed by atoms with E-state index in [9.17, 15) is 18.0 Å². The zero-order valence-electron chi connectivity index (χ0n) is 14.1. The Hall–Kier alpha value is -2.53. The number of amides is 1. The lowest BCUT2D eigenvalue weighted by Crippen LogP contribution is -2.15. The van der Waals surface area contributed by atoms with Crippen LogP contribution in [0.3, 0.4) is 0 Å². The normalized spacial score (nSPS) is 11.1. The van der Waals surface area contributed by atoms with E-state index in [1.165, 1.54) is 35.6 Å². The number of benzene rings is 2. The first-order chi connectivity index (χ1) is 13.2. The van der Waals surface area contributed by atoms with E-state index in [0.717, 1.165) is 6.07 Å². The molecule has 0 radical (unpaired) electrons. The number of rotatable bonds is 5. The van der Waals surface area contributed by atoms with Crippen LogP contribution in [0, 0.1) is 0 Å². The van der Waals surface area contributed by atoms with E-state index in [1.54, 1.807) is 29.6 Å². The SMILES string of the molecule is NS(=O)(=O)c1ccc(Br)c(C(=O)Oc2ccc(NC(=O)c3cccs3)cc2)c1. The summed E-state index contributed by atoms with van der Waals surface area (Å²) in [4.78, 5) is 24.8. The zero-order chi connectivity index (χ0) is 20.3. The van der Waals surface area contributed by atoms with Gasteiger partial charge in [-0.05, 0) is 69.8 Å². The summed E-state index contributed by atoms with van der Waals surface area (Å²) in [6.45, 7) is 0. The lowest BCUT2D eigenvalue weighted by atomic mass is 10.2. The van der Waals surface area contributed by atoms with E-state index in [2.05, 4.69) is 21.2 Å². The van der Waals surface area contributed by atoms with Crippen molar-refractivity contribution in [3.05, 3.63) is 74.9 Å². The predicted molar refractivity (Wildman–Crippen MR) is 109 cm³/mol. The summed E-state index contributed by atoms with van der Waals surface area (Å²) in [5.41, 5.74) is 0.553. The van der Waals surface area contributed by atoms with E-state index in [-0.39, 0.29) is 22.1 Å². The number of halogens is 1. The second-order valence-corrected chi connectivity index (χ2v) is 8.90. The molecule has 0 bridgehead atoms. The Morgan fingerprint density at radius 1 is 1.07 bits per heavy atom. The van der Waals surface area contributed by atoms with Crippen molar-refractivity contribution in [2.75, 3.05) is 5.32 Å². The van der Waals surface area contributed by atoms with Crippen LogP contribution in [0.4, 0.5) is 5.69 Å². The van der Waals surface area contributed by atoms with Gasteiger partial charge in [-0.15, -0.1) is 11.3 Å². The number of ether oxygens (including phenoxy) is 1. The zero-order valence-corrected chi connectivity index (χ0v) is 17.3. The van der Waals surface area contributed by atoms with Gasteiger partial charge in [-0.3, -0.25) is 4.79 Å². The minimum Gasteiger partial charge on any atom is -0.423 e. The maximum atomic E-state index is 12.4. The van der Waals surface area contributed by atoms with Crippen LogP contribution in [0.15, 0.2) is 69.3 Å². The highest BCUT2D eigenvalue weighted by atomic mass is 79.9. The highest BCUT2D eigenvalue weighted by molar-refractivity contribution is 9.10. The Morgan fingerprint density at radius 2 is 1.79 bits per heavy atom. The molecule has 0 aliphatic rings. The number of carbonyl (C=O) groups is 2. The first-order valence-electron chi connectivity index (χ1n) is 7.73. The Labute approximate surface area is 173 Å². The number of sulfonamides is 1. The summed E-state index contributed by atoms with van der Waals surface area (Å²) in [7, 11) is -3.95. The van der Waals surface area contributed by atoms with E-state index in [0.29, 0.717) is 15.0 Å². The third-order valence-electron chi connectivity index (χ3n) is 3.55. The molecule has 0 aliphatic heterocycles. The third-order valence-corrected chi connectivity index (χ3v) is 6.03. The number of carbonyl (C=O) groups excluding carboxylic acids is 2. The number of thiophene rings is 1. The van der Waals surface area contributed by atoms with Crippen LogP contribution >= 0.6 is 27.3 Å². The molecule has 0 spiro atoms. The van der Waals surface area contributed by atoms with Crippen molar-refractivity contribution < 1.29 is 22.7 Å². The number of primary sulfonamides is 1. The molecule has 28 heavy (non-hydrogen) atoms. The Bertz CT molecular complexity index is 1130. The van der Waals surface area contributed by atoms with Gasteiger partial charge in [0.05, 0.1) is 15.3 Å². The molecule has 3 aromatic rings. The van der Waals surface area contributed by atoms with Gasteiger partial charge in [0.15, 0.2) is 0 Å². The summed E-state index contributed by atoms with van der Waals surface area (Å²) < 4.78 is 28.6. The number of esters is 1. The van der Waals surface area contributed by atoms with Gasteiger partial charge in [0.1, 0.15) is 5.75 Å². The molecule has 0 saturated heterocycles. The van der Waals surface area contributed by atoms with Gasteiger partial charge in [-0.25, -0.2) is 18.4 Å². The second kappa shape index (κ2) is 8.23. The molecule has 0 atom stereocenters. The Balaban J connectivity index is 1.72. The van der Waals surface area contributed by atoms with Crippen LogP contribution < -0.4 is 15.2 Å². The lowest BCUT2D eigenvalue weighted by Gasteiger charge is -2.09. The maximum Gasteiger partial charge on any atom is 0.344 e. The molecule has 0 aliphatic carbocycles. The summed E-state index contributed by atoms with van der Waals surface area (Å²) >= 11 is 4.51. The molecule has 3 rings (SSSR count). The van der Waals surface area contributed by atoms with Crippen molar-refractivity contribution in [3.63, 3.8) is 0 Å². The van der Waals surface area contributed by atoms with Crippen molar-refractivity contribution in [2.24, 2.45) is 5.14 Å². The molecule has 2 aromatic carbocycles. The van der Waals surface area contributed by atoms with Crippen molar-refractivity contribution in [2.45, 2.75) is 4.90 Å². The summed E-state index contributed by atoms with van der Waals surface area (Å²) in [5.74, 6) is -0.761.